The molecule has 5 nitrogen and oxygen atoms in total. The number of nitrogens with one attached hydrogen (secondary N) is 2. The Labute approximate surface area is 120 Å². The first-order chi connectivity index (χ1) is 9.79. The maximum Gasteiger partial charge on any atom is 0.251 e. The summed E-state index contributed by atoms with van der Waals surface area (Å²) < 4.78 is 5.14. The Bertz CT molecular complexity index is 396. The van der Waals surface area contributed by atoms with Gasteiger partial charge in [0.2, 0.25) is 0 Å². The van der Waals surface area contributed by atoms with Gasteiger partial charge >= 0.3 is 0 Å². The van der Waals surface area contributed by atoms with E-state index >= 15 is 0 Å². The van der Waals surface area contributed by atoms with Crippen molar-refractivity contribution in [2.45, 2.75) is 12.8 Å². The number of ether oxygens (including phenoxy) is 1. The molecule has 0 aliphatic rings. The average Bonchev–Trinajstić information content (AvgIpc) is 2.48. The van der Waals surface area contributed by atoms with Crippen LogP contribution in [0.15, 0.2) is 24.3 Å². The highest BCUT2D eigenvalue weighted by atomic mass is 16.5. The van der Waals surface area contributed by atoms with Gasteiger partial charge in [-0.2, -0.15) is 0 Å². The molecule has 0 unspecified atom stereocenters. The molecule has 5 heteroatoms. The molecule has 0 radical (unpaired) electrons. The van der Waals surface area contributed by atoms with Gasteiger partial charge in [0, 0.05) is 18.7 Å². The monoisotopic (exact) mass is 280 g/mol. The minimum atomic E-state index is -0.0427. The lowest BCUT2D eigenvalue weighted by atomic mass is 10.0. The molecule has 0 saturated carbocycles. The molecule has 1 rings (SSSR count). The lowest BCUT2D eigenvalue weighted by Gasteiger charge is -2.10. The fourth-order valence-electron chi connectivity index (χ4n) is 1.86. The molecular weight excluding hydrogens is 256 g/mol. The lowest BCUT2D eigenvalue weighted by Crippen LogP contribution is -2.27. The van der Waals surface area contributed by atoms with Crippen molar-refractivity contribution in [1.29, 1.82) is 0 Å². The summed E-state index contributed by atoms with van der Waals surface area (Å²) in [5.74, 6) is -0.0427. The van der Waals surface area contributed by atoms with Crippen LogP contribution in [-0.2, 0) is 11.2 Å². The zero-order chi connectivity index (χ0) is 14.6. The SMILES string of the molecule is CNCCc1ccccc1C(=O)NCCCOCCO. The molecule has 1 aromatic carbocycles. The fraction of sp³-hybridized carbons (Fsp3) is 0.533. The van der Waals surface area contributed by atoms with Crippen LogP contribution in [0.2, 0.25) is 0 Å². The predicted molar refractivity (Wildman–Crippen MR) is 78.9 cm³/mol. The Balaban J connectivity index is 2.38. The highest BCUT2D eigenvalue weighted by molar-refractivity contribution is 5.95. The molecule has 20 heavy (non-hydrogen) atoms. The van der Waals surface area contributed by atoms with Gasteiger partial charge in [0.25, 0.3) is 5.91 Å². The molecule has 0 spiro atoms. The van der Waals surface area contributed by atoms with E-state index in [1.807, 2.05) is 31.3 Å². The zero-order valence-corrected chi connectivity index (χ0v) is 12.0. The highest BCUT2D eigenvalue weighted by Crippen LogP contribution is 2.09. The number of carbonyl (C=O) groups excluding carboxylic acids is 1. The van der Waals surface area contributed by atoms with Crippen LogP contribution in [0.1, 0.15) is 22.3 Å². The van der Waals surface area contributed by atoms with Crippen LogP contribution >= 0.6 is 0 Å². The van der Waals surface area contributed by atoms with Gasteiger partial charge in [0.1, 0.15) is 0 Å². The van der Waals surface area contributed by atoms with Crippen molar-refractivity contribution in [3.8, 4) is 0 Å². The average molecular weight is 280 g/mol. The van der Waals surface area contributed by atoms with Gasteiger partial charge in [-0.3, -0.25) is 4.79 Å². The van der Waals surface area contributed by atoms with Crippen LogP contribution in [0.3, 0.4) is 0 Å². The van der Waals surface area contributed by atoms with E-state index in [1.165, 1.54) is 0 Å². The molecule has 0 aromatic heterocycles. The number of aliphatic hydroxyl groups is 1. The van der Waals surface area contributed by atoms with Crippen molar-refractivity contribution in [2.24, 2.45) is 0 Å². The predicted octanol–water partition coefficient (Wildman–Crippen LogP) is 0.577. The Morgan fingerprint density at radius 1 is 1.25 bits per heavy atom. The molecule has 1 aromatic rings. The van der Waals surface area contributed by atoms with Gasteiger partial charge < -0.3 is 20.5 Å². The largest absolute Gasteiger partial charge is 0.394 e. The Morgan fingerprint density at radius 2 is 2.05 bits per heavy atom. The number of hydrogen-bond acceptors (Lipinski definition) is 4. The first kappa shape index (κ1) is 16.6. The summed E-state index contributed by atoms with van der Waals surface area (Å²) in [5, 5.41) is 14.5. The Morgan fingerprint density at radius 3 is 2.80 bits per heavy atom. The van der Waals surface area contributed by atoms with E-state index in [-0.39, 0.29) is 12.5 Å². The van der Waals surface area contributed by atoms with Crippen molar-refractivity contribution in [1.82, 2.24) is 10.6 Å². The van der Waals surface area contributed by atoms with Gasteiger partial charge in [-0.05, 0) is 38.1 Å². The van der Waals surface area contributed by atoms with Gasteiger partial charge in [0.05, 0.1) is 13.2 Å². The van der Waals surface area contributed by atoms with E-state index in [4.69, 9.17) is 9.84 Å². The smallest absolute Gasteiger partial charge is 0.251 e. The molecule has 112 valence electrons. The van der Waals surface area contributed by atoms with Crippen LogP contribution in [0.25, 0.3) is 0 Å². The molecule has 1 amide bonds. The summed E-state index contributed by atoms with van der Waals surface area (Å²) in [4.78, 5) is 12.1. The number of likely N-dealkylation sites (N-methyl/N-ethyl adjacent to an activating group) is 1. The van der Waals surface area contributed by atoms with E-state index in [0.29, 0.717) is 19.8 Å². The third-order valence-electron chi connectivity index (χ3n) is 2.89. The molecule has 0 atom stereocenters. The highest BCUT2D eigenvalue weighted by Gasteiger charge is 2.09. The third kappa shape index (κ3) is 6.14. The van der Waals surface area contributed by atoms with Crippen molar-refractivity contribution in [3.05, 3.63) is 35.4 Å². The topological polar surface area (TPSA) is 70.6 Å². The molecule has 0 heterocycles. The van der Waals surface area contributed by atoms with Crippen molar-refractivity contribution in [3.63, 3.8) is 0 Å². The number of rotatable bonds is 10. The number of aliphatic hydroxyl groups excluding tert-OH is 1. The first-order valence-corrected chi connectivity index (χ1v) is 6.99. The van der Waals surface area contributed by atoms with E-state index in [0.717, 1.165) is 30.5 Å². The summed E-state index contributed by atoms with van der Waals surface area (Å²) in [6.45, 7) is 2.35. The number of benzene rings is 1. The maximum atomic E-state index is 12.1. The normalized spacial score (nSPS) is 10.5. The quantitative estimate of drug-likeness (QED) is 0.548. The van der Waals surface area contributed by atoms with Gasteiger partial charge in [-0.25, -0.2) is 0 Å². The molecular formula is C15H24N2O3. The number of hydrogen-bond donors (Lipinski definition) is 3. The van der Waals surface area contributed by atoms with Gasteiger partial charge in [-0.15, -0.1) is 0 Å². The van der Waals surface area contributed by atoms with Crippen LogP contribution in [0.5, 0.6) is 0 Å². The first-order valence-electron chi connectivity index (χ1n) is 6.99. The summed E-state index contributed by atoms with van der Waals surface area (Å²) in [6.07, 6.45) is 1.57. The minimum Gasteiger partial charge on any atom is -0.394 e. The molecule has 0 aliphatic heterocycles. The second kappa shape index (κ2) is 10.4. The van der Waals surface area contributed by atoms with Gasteiger partial charge in [-0.1, -0.05) is 18.2 Å². The zero-order valence-electron chi connectivity index (χ0n) is 12.0. The van der Waals surface area contributed by atoms with Crippen LogP contribution < -0.4 is 10.6 Å². The van der Waals surface area contributed by atoms with Crippen molar-refractivity contribution in [2.75, 3.05) is 40.0 Å². The summed E-state index contributed by atoms with van der Waals surface area (Å²) in [5.41, 5.74) is 1.79. The summed E-state index contributed by atoms with van der Waals surface area (Å²) in [7, 11) is 1.90. The Kier molecular flexibility index (Phi) is 8.62. The Hall–Kier alpha value is -1.43. The second-order valence-corrected chi connectivity index (χ2v) is 4.46. The van der Waals surface area contributed by atoms with Crippen LogP contribution in [0.4, 0.5) is 0 Å². The summed E-state index contributed by atoms with van der Waals surface area (Å²) >= 11 is 0. The number of carbonyl (C=O) groups is 1. The lowest BCUT2D eigenvalue weighted by molar-refractivity contribution is 0.0867. The maximum absolute atomic E-state index is 12.1. The van der Waals surface area contributed by atoms with Crippen LogP contribution in [-0.4, -0.2) is 51.0 Å². The third-order valence-corrected chi connectivity index (χ3v) is 2.89. The van der Waals surface area contributed by atoms with Crippen LogP contribution in [0, 0.1) is 0 Å². The molecule has 0 aliphatic carbocycles. The second-order valence-electron chi connectivity index (χ2n) is 4.46. The van der Waals surface area contributed by atoms with E-state index in [1.54, 1.807) is 0 Å². The van der Waals surface area contributed by atoms with E-state index in [2.05, 4.69) is 10.6 Å². The van der Waals surface area contributed by atoms with Crippen molar-refractivity contribution >= 4 is 5.91 Å². The fourth-order valence-corrected chi connectivity index (χ4v) is 1.86. The van der Waals surface area contributed by atoms with Gasteiger partial charge in [0.15, 0.2) is 0 Å². The molecule has 0 fully saturated rings. The standard InChI is InChI=1S/C15H24N2O3/c1-16-9-7-13-5-2-3-6-14(13)15(19)17-8-4-11-20-12-10-18/h2-3,5-6,16,18H,4,7-12H2,1H3,(H,17,19). The van der Waals surface area contributed by atoms with E-state index in [9.17, 15) is 4.79 Å². The minimum absolute atomic E-state index is 0.0329. The van der Waals surface area contributed by atoms with Crippen molar-refractivity contribution < 1.29 is 14.6 Å². The molecule has 0 bridgehead atoms. The molecule has 3 N–H and O–H groups in total. The summed E-state index contributed by atoms with van der Waals surface area (Å²) in [6, 6.07) is 7.66. The molecule has 0 saturated heterocycles. The van der Waals surface area contributed by atoms with E-state index < -0.39 is 0 Å². The number of amides is 1.